The van der Waals surface area contributed by atoms with Gasteiger partial charge in [-0.1, -0.05) is 31.5 Å². The summed E-state index contributed by atoms with van der Waals surface area (Å²) >= 11 is 5.56. The number of hydrogen-bond acceptors (Lipinski definition) is 2. The van der Waals surface area contributed by atoms with E-state index in [1.807, 2.05) is 6.07 Å². The van der Waals surface area contributed by atoms with E-state index >= 15 is 0 Å². The Balaban J connectivity index is 1.69. The van der Waals surface area contributed by atoms with Crippen molar-refractivity contribution < 1.29 is 4.79 Å². The number of unbranched alkanes of at least 4 members (excludes halogenated alkanes) is 1. The van der Waals surface area contributed by atoms with Crippen LogP contribution in [-0.2, 0) is 17.8 Å². The first-order valence-corrected chi connectivity index (χ1v) is 8.32. The largest absolute Gasteiger partial charge is 0.357 e. The molecule has 5 heteroatoms. The van der Waals surface area contributed by atoms with Crippen LogP contribution in [0.5, 0.6) is 0 Å². The number of amides is 1. The van der Waals surface area contributed by atoms with Gasteiger partial charge in [-0.2, -0.15) is 0 Å². The number of benzene rings is 1. The third-order valence-electron chi connectivity index (χ3n) is 4.77. The average Bonchev–Trinajstić information content (AvgIpc) is 3.01. The normalized spacial score (nSPS) is 20.7. The van der Waals surface area contributed by atoms with Crippen LogP contribution in [0.1, 0.15) is 31.0 Å². The fourth-order valence-corrected chi connectivity index (χ4v) is 3.95. The predicted molar refractivity (Wildman–Crippen MR) is 90.6 cm³/mol. The molecule has 2 aromatic rings. The maximum Gasteiger partial charge on any atom is 0.251 e. The van der Waals surface area contributed by atoms with Crippen molar-refractivity contribution in [1.29, 1.82) is 0 Å². The molecular weight excluding hydrogens is 294 g/mol. The van der Waals surface area contributed by atoms with Crippen LogP contribution in [0.4, 0.5) is 0 Å². The summed E-state index contributed by atoms with van der Waals surface area (Å²) in [5.74, 6) is 0.175. The minimum absolute atomic E-state index is 0.115. The number of nitrogens with zero attached hydrogens (tertiary/aromatic N) is 2. The number of fused-ring (bicyclic) bond motifs is 4. The van der Waals surface area contributed by atoms with Crippen LogP contribution in [0.3, 0.4) is 0 Å². The van der Waals surface area contributed by atoms with Crippen LogP contribution in [0.2, 0.25) is 0 Å². The molecular formula is C17H19N3OS. The molecule has 1 amide bonds. The first kappa shape index (κ1) is 13.8. The van der Waals surface area contributed by atoms with Crippen LogP contribution < -0.4 is 0 Å². The lowest BCUT2D eigenvalue weighted by Gasteiger charge is -2.28. The molecule has 0 unspecified atom stereocenters. The maximum atomic E-state index is 12.7. The lowest BCUT2D eigenvalue weighted by molar-refractivity contribution is -0.128. The minimum atomic E-state index is -0.115. The molecule has 1 N–H and O–H groups in total. The quantitative estimate of drug-likeness (QED) is 0.886. The first-order valence-electron chi connectivity index (χ1n) is 7.91. The topological polar surface area (TPSA) is 39.3 Å². The Hall–Kier alpha value is -1.88. The highest BCUT2D eigenvalue weighted by molar-refractivity contribution is 7.80. The van der Waals surface area contributed by atoms with Crippen LogP contribution in [0, 0.1) is 0 Å². The van der Waals surface area contributed by atoms with Gasteiger partial charge in [-0.25, -0.2) is 0 Å². The van der Waals surface area contributed by atoms with Crippen molar-refractivity contribution in [3.8, 4) is 0 Å². The highest BCUT2D eigenvalue weighted by Gasteiger charge is 2.45. The number of thiocarbonyl (C=S) groups is 1. The van der Waals surface area contributed by atoms with E-state index in [1.165, 1.54) is 16.6 Å². The van der Waals surface area contributed by atoms with E-state index in [0.29, 0.717) is 11.7 Å². The molecule has 2 aliphatic rings. The fourth-order valence-electron chi connectivity index (χ4n) is 3.58. The summed E-state index contributed by atoms with van der Waals surface area (Å²) in [4.78, 5) is 20.1. The molecule has 22 heavy (non-hydrogen) atoms. The molecule has 2 aliphatic heterocycles. The van der Waals surface area contributed by atoms with Gasteiger partial charge in [0.2, 0.25) is 0 Å². The molecule has 0 aliphatic carbocycles. The summed E-state index contributed by atoms with van der Waals surface area (Å²) in [5.41, 5.74) is 3.63. The number of hydrogen-bond donors (Lipinski definition) is 1. The summed E-state index contributed by atoms with van der Waals surface area (Å²) in [6.45, 7) is 3.59. The standard InChI is InChI=1S/C17H19N3OS/c1-2-3-8-19-16(21)15-9-12-11-6-4-5-7-13(11)18-14(12)10-20(15)17(19)22/h4-7,15,18H,2-3,8-10H2,1H3/t15-/m1/s1. The summed E-state index contributed by atoms with van der Waals surface area (Å²) in [5, 5.41) is 1.94. The SMILES string of the molecule is CCCCN1C(=O)[C@H]2Cc3c([nH]c4ccccc34)CN2C1=S. The molecule has 114 valence electrons. The molecule has 0 spiro atoms. The molecule has 0 radical (unpaired) electrons. The van der Waals surface area contributed by atoms with E-state index in [4.69, 9.17) is 12.2 Å². The van der Waals surface area contributed by atoms with Gasteiger partial charge in [0.1, 0.15) is 6.04 Å². The second-order valence-electron chi connectivity index (χ2n) is 6.10. The summed E-state index contributed by atoms with van der Waals surface area (Å²) < 4.78 is 0. The Morgan fingerprint density at radius 3 is 3.00 bits per heavy atom. The Kier molecular flexibility index (Phi) is 3.18. The van der Waals surface area contributed by atoms with Crippen LogP contribution in [-0.4, -0.2) is 38.4 Å². The van der Waals surface area contributed by atoms with Gasteiger partial charge >= 0.3 is 0 Å². The van der Waals surface area contributed by atoms with Gasteiger partial charge in [-0.15, -0.1) is 0 Å². The number of para-hydroxylation sites is 1. The molecule has 1 aromatic carbocycles. The number of aromatic amines is 1. The molecule has 0 bridgehead atoms. The lowest BCUT2D eigenvalue weighted by Crippen LogP contribution is -2.39. The van der Waals surface area contributed by atoms with Crippen LogP contribution in [0.25, 0.3) is 10.9 Å². The number of carbonyl (C=O) groups excluding carboxylic acids is 1. The van der Waals surface area contributed by atoms with Crippen LogP contribution >= 0.6 is 12.2 Å². The highest BCUT2D eigenvalue weighted by Crippen LogP contribution is 2.34. The Morgan fingerprint density at radius 2 is 2.18 bits per heavy atom. The molecule has 3 heterocycles. The third-order valence-corrected chi connectivity index (χ3v) is 5.22. The van der Waals surface area contributed by atoms with Crippen molar-refractivity contribution in [2.75, 3.05) is 6.54 Å². The van der Waals surface area contributed by atoms with Gasteiger partial charge in [-0.05, 0) is 30.3 Å². The van der Waals surface area contributed by atoms with Crippen molar-refractivity contribution in [2.45, 2.75) is 38.8 Å². The Bertz CT molecular complexity index is 766. The van der Waals surface area contributed by atoms with E-state index in [0.717, 1.165) is 31.3 Å². The summed E-state index contributed by atoms with van der Waals surface area (Å²) in [6.07, 6.45) is 2.82. The predicted octanol–water partition coefficient (Wildman–Crippen LogP) is 2.82. The molecule has 4 nitrogen and oxygen atoms in total. The van der Waals surface area contributed by atoms with Gasteiger partial charge in [0.25, 0.3) is 5.91 Å². The molecule has 4 rings (SSSR count). The monoisotopic (exact) mass is 313 g/mol. The second kappa shape index (κ2) is 5.09. The van der Waals surface area contributed by atoms with E-state index < -0.39 is 0 Å². The molecule has 1 atom stereocenters. The zero-order valence-electron chi connectivity index (χ0n) is 12.6. The average molecular weight is 313 g/mol. The number of rotatable bonds is 3. The van der Waals surface area contributed by atoms with Crippen molar-refractivity contribution >= 4 is 34.1 Å². The van der Waals surface area contributed by atoms with Crippen LogP contribution in [0.15, 0.2) is 24.3 Å². The molecule has 1 aromatic heterocycles. The van der Waals surface area contributed by atoms with Crippen molar-refractivity contribution in [2.24, 2.45) is 0 Å². The second-order valence-corrected chi connectivity index (χ2v) is 6.47. The van der Waals surface area contributed by atoms with E-state index in [9.17, 15) is 4.79 Å². The summed E-state index contributed by atoms with van der Waals surface area (Å²) in [6, 6.07) is 8.20. The van der Waals surface area contributed by atoms with Gasteiger partial charge in [0, 0.05) is 29.6 Å². The third kappa shape index (κ3) is 1.88. The van der Waals surface area contributed by atoms with Crippen molar-refractivity contribution in [3.63, 3.8) is 0 Å². The summed E-state index contributed by atoms with van der Waals surface area (Å²) in [7, 11) is 0. The number of carbonyl (C=O) groups is 1. The highest BCUT2D eigenvalue weighted by atomic mass is 32.1. The van der Waals surface area contributed by atoms with Gasteiger partial charge < -0.3 is 9.88 Å². The van der Waals surface area contributed by atoms with E-state index in [-0.39, 0.29) is 11.9 Å². The number of H-pyrrole nitrogens is 1. The van der Waals surface area contributed by atoms with E-state index in [2.05, 4.69) is 35.0 Å². The smallest absolute Gasteiger partial charge is 0.251 e. The molecule has 1 saturated heterocycles. The Labute approximate surface area is 135 Å². The Morgan fingerprint density at radius 1 is 1.36 bits per heavy atom. The first-order chi connectivity index (χ1) is 10.7. The zero-order valence-corrected chi connectivity index (χ0v) is 13.4. The van der Waals surface area contributed by atoms with Crippen molar-refractivity contribution in [3.05, 3.63) is 35.5 Å². The van der Waals surface area contributed by atoms with Gasteiger partial charge in [0.15, 0.2) is 5.11 Å². The number of aromatic nitrogens is 1. The number of nitrogens with one attached hydrogen (secondary N) is 1. The fraction of sp³-hybridized carbons (Fsp3) is 0.412. The zero-order chi connectivity index (χ0) is 15.3. The van der Waals surface area contributed by atoms with Crippen molar-refractivity contribution in [1.82, 2.24) is 14.8 Å². The molecule has 0 saturated carbocycles. The maximum absolute atomic E-state index is 12.7. The molecule has 1 fully saturated rings. The van der Waals surface area contributed by atoms with E-state index in [1.54, 1.807) is 4.90 Å². The lowest BCUT2D eigenvalue weighted by atomic mass is 9.97. The minimum Gasteiger partial charge on any atom is -0.357 e. The van der Waals surface area contributed by atoms with Gasteiger partial charge in [-0.3, -0.25) is 9.69 Å². The van der Waals surface area contributed by atoms with Gasteiger partial charge in [0.05, 0.1) is 6.54 Å².